The number of nitrogens with zero attached hydrogens (tertiary/aromatic N) is 1. The molecule has 1 unspecified atom stereocenters. The second kappa shape index (κ2) is 8.34. The Morgan fingerprint density at radius 3 is 2.76 bits per heavy atom. The normalized spacial score (nSPS) is 23.9. The Balaban J connectivity index is 1.56. The number of rotatable bonds is 6. The van der Waals surface area contributed by atoms with Crippen molar-refractivity contribution in [3.8, 4) is 0 Å². The Kier molecular flexibility index (Phi) is 6.45. The van der Waals surface area contributed by atoms with Crippen molar-refractivity contribution in [2.45, 2.75) is 50.6 Å². The van der Waals surface area contributed by atoms with E-state index in [0.29, 0.717) is 13.1 Å². The fourth-order valence-corrected chi connectivity index (χ4v) is 3.12. The molecule has 1 aliphatic carbocycles. The zero-order chi connectivity index (χ0) is 15.1. The molecule has 0 bridgehead atoms. The van der Waals surface area contributed by atoms with Crippen molar-refractivity contribution in [3.63, 3.8) is 0 Å². The van der Waals surface area contributed by atoms with E-state index in [9.17, 15) is 9.59 Å². The van der Waals surface area contributed by atoms with E-state index in [1.807, 2.05) is 0 Å². The van der Waals surface area contributed by atoms with E-state index in [1.54, 1.807) is 0 Å². The molecule has 21 heavy (non-hydrogen) atoms. The Labute approximate surface area is 127 Å². The molecule has 1 aliphatic heterocycles. The van der Waals surface area contributed by atoms with Crippen molar-refractivity contribution >= 4 is 11.8 Å². The van der Waals surface area contributed by atoms with Gasteiger partial charge in [0.15, 0.2) is 0 Å². The zero-order valence-electron chi connectivity index (χ0n) is 13.0. The van der Waals surface area contributed by atoms with Gasteiger partial charge in [0.2, 0.25) is 11.8 Å². The first kappa shape index (κ1) is 16.2. The van der Waals surface area contributed by atoms with Crippen molar-refractivity contribution in [2.24, 2.45) is 0 Å². The summed E-state index contributed by atoms with van der Waals surface area (Å²) >= 11 is 0. The Morgan fingerprint density at radius 1 is 1.33 bits per heavy atom. The van der Waals surface area contributed by atoms with Crippen molar-refractivity contribution in [2.75, 3.05) is 33.2 Å². The molecule has 0 spiro atoms. The molecular weight excluding hydrogens is 268 g/mol. The number of amides is 2. The first-order chi connectivity index (χ1) is 10.2. The maximum Gasteiger partial charge on any atom is 0.238 e. The average molecular weight is 296 g/mol. The lowest BCUT2D eigenvalue weighted by Gasteiger charge is -2.31. The van der Waals surface area contributed by atoms with Crippen LogP contribution in [0.2, 0.25) is 0 Å². The van der Waals surface area contributed by atoms with Crippen LogP contribution >= 0.6 is 0 Å². The third kappa shape index (κ3) is 5.28. The van der Waals surface area contributed by atoms with Crippen LogP contribution in [0.4, 0.5) is 0 Å². The van der Waals surface area contributed by atoms with Gasteiger partial charge in [-0.1, -0.05) is 19.3 Å². The van der Waals surface area contributed by atoms with Crippen LogP contribution in [0.5, 0.6) is 0 Å². The molecule has 0 radical (unpaired) electrons. The molecule has 6 nitrogen and oxygen atoms in total. The zero-order valence-corrected chi connectivity index (χ0v) is 13.0. The molecule has 0 aromatic heterocycles. The molecule has 1 saturated carbocycles. The molecule has 0 aromatic rings. The highest BCUT2D eigenvalue weighted by Crippen LogP contribution is 2.21. The maximum absolute atomic E-state index is 11.9. The number of carbonyl (C=O) groups is 2. The summed E-state index contributed by atoms with van der Waals surface area (Å²) in [7, 11) is 2.19. The fourth-order valence-electron chi connectivity index (χ4n) is 3.12. The number of nitrogens with one attached hydrogen (secondary N) is 3. The number of carbonyl (C=O) groups excluding carboxylic acids is 2. The van der Waals surface area contributed by atoms with Gasteiger partial charge in [0.05, 0.1) is 6.54 Å². The summed E-state index contributed by atoms with van der Waals surface area (Å²) in [6, 6.07) is 0.434. The lowest BCUT2D eigenvalue weighted by molar-refractivity contribution is -0.126. The van der Waals surface area contributed by atoms with Gasteiger partial charge in [0, 0.05) is 19.1 Å². The highest BCUT2D eigenvalue weighted by atomic mass is 16.2. The van der Waals surface area contributed by atoms with Crippen LogP contribution in [0, 0.1) is 0 Å². The van der Waals surface area contributed by atoms with Crippen LogP contribution < -0.4 is 16.0 Å². The van der Waals surface area contributed by atoms with Crippen molar-refractivity contribution < 1.29 is 9.59 Å². The lowest BCUT2D eigenvalue weighted by atomic mass is 9.94. The summed E-state index contributed by atoms with van der Waals surface area (Å²) < 4.78 is 0. The monoisotopic (exact) mass is 296 g/mol. The first-order valence-corrected chi connectivity index (χ1v) is 8.15. The highest BCUT2D eigenvalue weighted by molar-refractivity contribution is 5.86. The number of hydrogen-bond donors (Lipinski definition) is 3. The Bertz CT molecular complexity index is 346. The minimum absolute atomic E-state index is 0.0182. The van der Waals surface area contributed by atoms with E-state index in [0.717, 1.165) is 19.0 Å². The second-order valence-electron chi connectivity index (χ2n) is 6.15. The summed E-state index contributed by atoms with van der Waals surface area (Å²) in [6.45, 7) is 2.33. The molecule has 1 heterocycles. The third-order valence-electron chi connectivity index (χ3n) is 4.51. The van der Waals surface area contributed by atoms with Crippen molar-refractivity contribution in [1.29, 1.82) is 0 Å². The topological polar surface area (TPSA) is 73.5 Å². The maximum atomic E-state index is 11.9. The van der Waals surface area contributed by atoms with E-state index in [1.165, 1.54) is 32.1 Å². The van der Waals surface area contributed by atoms with Crippen molar-refractivity contribution in [1.82, 2.24) is 20.9 Å². The first-order valence-electron chi connectivity index (χ1n) is 8.15. The van der Waals surface area contributed by atoms with Gasteiger partial charge in [0.1, 0.15) is 6.04 Å². The van der Waals surface area contributed by atoms with Crippen LogP contribution in [-0.4, -0.2) is 62.0 Å². The molecule has 120 valence electrons. The molecule has 2 rings (SSSR count). The summed E-state index contributed by atoms with van der Waals surface area (Å²) in [5, 5.41) is 8.58. The predicted molar refractivity (Wildman–Crippen MR) is 81.9 cm³/mol. The summed E-state index contributed by atoms with van der Waals surface area (Å²) in [5.74, 6) is -0.0662. The van der Waals surface area contributed by atoms with E-state index < -0.39 is 0 Å². The molecule has 6 heteroatoms. The predicted octanol–water partition coefficient (Wildman–Crippen LogP) is -0.155. The van der Waals surface area contributed by atoms with Crippen molar-refractivity contribution in [3.05, 3.63) is 0 Å². The van der Waals surface area contributed by atoms with Crippen LogP contribution in [0.15, 0.2) is 0 Å². The molecule has 2 amide bonds. The van der Waals surface area contributed by atoms with Gasteiger partial charge < -0.3 is 15.5 Å². The molecule has 1 atom stereocenters. The van der Waals surface area contributed by atoms with E-state index in [2.05, 4.69) is 27.9 Å². The molecule has 2 fully saturated rings. The van der Waals surface area contributed by atoms with E-state index in [-0.39, 0.29) is 24.4 Å². The number of hydrogen-bond acceptors (Lipinski definition) is 4. The Hall–Kier alpha value is -1.14. The van der Waals surface area contributed by atoms with Crippen LogP contribution in [0.1, 0.15) is 38.5 Å². The van der Waals surface area contributed by atoms with Gasteiger partial charge in [-0.2, -0.15) is 0 Å². The Morgan fingerprint density at radius 2 is 2.10 bits per heavy atom. The molecular formula is C15H28N4O2. The summed E-state index contributed by atoms with van der Waals surface area (Å²) in [6.07, 6.45) is 7.68. The SMILES string of the molecule is CN(CCCNC(=O)C1CNC(=O)CN1)C1CCCCC1. The largest absolute Gasteiger partial charge is 0.355 e. The molecule has 1 saturated heterocycles. The van der Waals surface area contributed by atoms with Crippen LogP contribution in [0.3, 0.4) is 0 Å². The van der Waals surface area contributed by atoms with Gasteiger partial charge in [-0.15, -0.1) is 0 Å². The van der Waals surface area contributed by atoms with Crippen LogP contribution in [-0.2, 0) is 9.59 Å². The van der Waals surface area contributed by atoms with E-state index in [4.69, 9.17) is 0 Å². The van der Waals surface area contributed by atoms with Gasteiger partial charge in [-0.25, -0.2) is 0 Å². The standard InChI is InChI=1S/C15H28N4O2/c1-19(12-6-3-2-4-7-12)9-5-8-16-15(21)13-10-18-14(20)11-17-13/h12-13,17H,2-11H2,1H3,(H,16,21)(H,18,20). The van der Waals surface area contributed by atoms with Gasteiger partial charge in [-0.05, 0) is 32.9 Å². The number of piperazine rings is 1. The van der Waals surface area contributed by atoms with Crippen LogP contribution in [0.25, 0.3) is 0 Å². The van der Waals surface area contributed by atoms with Gasteiger partial charge in [0.25, 0.3) is 0 Å². The van der Waals surface area contributed by atoms with Gasteiger partial charge >= 0.3 is 0 Å². The fraction of sp³-hybridized carbons (Fsp3) is 0.867. The molecule has 2 aliphatic rings. The smallest absolute Gasteiger partial charge is 0.238 e. The molecule has 3 N–H and O–H groups in total. The van der Waals surface area contributed by atoms with Gasteiger partial charge in [-0.3, -0.25) is 14.9 Å². The summed E-state index contributed by atoms with van der Waals surface area (Å²) in [5.41, 5.74) is 0. The highest BCUT2D eigenvalue weighted by Gasteiger charge is 2.23. The van der Waals surface area contributed by atoms with E-state index >= 15 is 0 Å². The quantitative estimate of drug-likeness (QED) is 0.596. The third-order valence-corrected chi connectivity index (χ3v) is 4.51. The minimum Gasteiger partial charge on any atom is -0.355 e. The molecule has 0 aromatic carbocycles. The average Bonchev–Trinajstić information content (AvgIpc) is 2.52. The second-order valence-corrected chi connectivity index (χ2v) is 6.15. The minimum atomic E-state index is -0.293. The lowest BCUT2D eigenvalue weighted by Crippen LogP contribution is -2.58. The summed E-state index contributed by atoms with van der Waals surface area (Å²) in [4.78, 5) is 25.4.